The zero-order valence-electron chi connectivity index (χ0n) is 11.4. The molecule has 0 fully saturated rings. The minimum absolute atomic E-state index is 0.684. The van der Waals surface area contributed by atoms with Gasteiger partial charge in [0.15, 0.2) is 11.5 Å². The van der Waals surface area contributed by atoms with Crippen LogP contribution in [0.15, 0.2) is 35.2 Å². The summed E-state index contributed by atoms with van der Waals surface area (Å²) in [5, 5.41) is 3.33. The van der Waals surface area contributed by atoms with Crippen LogP contribution in [0, 0.1) is 0 Å². The van der Waals surface area contributed by atoms with Crippen molar-refractivity contribution in [1.82, 2.24) is 15.3 Å². The maximum Gasteiger partial charge on any atom is 0.161 e. The Morgan fingerprint density at radius 2 is 1.90 bits per heavy atom. The lowest BCUT2D eigenvalue weighted by molar-refractivity contribution is 0.354. The molecule has 0 aliphatic carbocycles. The Morgan fingerprint density at radius 3 is 2.55 bits per heavy atom. The number of ether oxygens (including phenoxy) is 2. The maximum atomic E-state index is 5.30. The van der Waals surface area contributed by atoms with Gasteiger partial charge in [-0.25, -0.2) is 9.97 Å². The van der Waals surface area contributed by atoms with Gasteiger partial charge in [-0.2, -0.15) is 0 Å². The van der Waals surface area contributed by atoms with E-state index in [0.717, 1.165) is 21.5 Å². The molecule has 1 aromatic heterocycles. The van der Waals surface area contributed by atoms with Gasteiger partial charge in [0.05, 0.1) is 19.9 Å². The number of hydrogen-bond acceptors (Lipinski definition) is 5. The van der Waals surface area contributed by atoms with E-state index < -0.39 is 0 Å². The molecular formula is C14H16BrN3O2. The Hall–Kier alpha value is -1.66. The zero-order valence-corrected chi connectivity index (χ0v) is 13.0. The molecule has 0 atom stereocenters. The van der Waals surface area contributed by atoms with Crippen molar-refractivity contribution in [2.75, 3.05) is 14.2 Å². The SMILES string of the molecule is COc1cc(Br)c(CNCc2ccncn2)cc1OC. The van der Waals surface area contributed by atoms with Crippen LogP contribution in [-0.4, -0.2) is 24.2 Å². The highest BCUT2D eigenvalue weighted by Crippen LogP contribution is 2.33. The second kappa shape index (κ2) is 7.21. The van der Waals surface area contributed by atoms with Crippen LogP contribution in [0.4, 0.5) is 0 Å². The first-order valence-corrected chi connectivity index (χ1v) is 6.90. The molecule has 0 radical (unpaired) electrons. The third-order valence-corrected chi connectivity index (χ3v) is 3.56. The van der Waals surface area contributed by atoms with Gasteiger partial charge in [0.1, 0.15) is 6.33 Å². The lowest BCUT2D eigenvalue weighted by atomic mass is 10.2. The lowest BCUT2D eigenvalue weighted by Crippen LogP contribution is -2.14. The molecule has 1 aromatic carbocycles. The van der Waals surface area contributed by atoms with Gasteiger partial charge < -0.3 is 14.8 Å². The van der Waals surface area contributed by atoms with Gasteiger partial charge in [-0.05, 0) is 23.8 Å². The summed E-state index contributed by atoms with van der Waals surface area (Å²) in [4.78, 5) is 8.05. The van der Waals surface area contributed by atoms with Crippen LogP contribution < -0.4 is 14.8 Å². The van der Waals surface area contributed by atoms with Gasteiger partial charge in [-0.1, -0.05) is 15.9 Å². The molecule has 0 saturated carbocycles. The number of benzene rings is 1. The maximum absolute atomic E-state index is 5.30. The van der Waals surface area contributed by atoms with Crippen LogP contribution in [0.1, 0.15) is 11.3 Å². The molecule has 20 heavy (non-hydrogen) atoms. The summed E-state index contributed by atoms with van der Waals surface area (Å²) in [6.07, 6.45) is 3.28. The second-order valence-electron chi connectivity index (χ2n) is 4.10. The Balaban J connectivity index is 2.02. The molecule has 1 N–H and O–H groups in total. The fraction of sp³-hybridized carbons (Fsp3) is 0.286. The topological polar surface area (TPSA) is 56.3 Å². The largest absolute Gasteiger partial charge is 0.493 e. The van der Waals surface area contributed by atoms with Crippen molar-refractivity contribution < 1.29 is 9.47 Å². The first-order valence-electron chi connectivity index (χ1n) is 6.10. The van der Waals surface area contributed by atoms with Gasteiger partial charge in [-0.3, -0.25) is 0 Å². The van der Waals surface area contributed by atoms with Crippen molar-refractivity contribution in [3.63, 3.8) is 0 Å². The number of halogens is 1. The number of rotatable bonds is 6. The molecular weight excluding hydrogens is 322 g/mol. The third kappa shape index (κ3) is 3.68. The van der Waals surface area contributed by atoms with E-state index >= 15 is 0 Å². The van der Waals surface area contributed by atoms with E-state index in [2.05, 4.69) is 31.2 Å². The van der Waals surface area contributed by atoms with E-state index in [1.54, 1.807) is 26.7 Å². The van der Waals surface area contributed by atoms with Crippen LogP contribution in [0.5, 0.6) is 11.5 Å². The van der Waals surface area contributed by atoms with Crippen LogP contribution in [0.2, 0.25) is 0 Å². The molecule has 5 nitrogen and oxygen atoms in total. The molecule has 0 unspecified atom stereocenters. The summed E-state index contributed by atoms with van der Waals surface area (Å²) in [6.45, 7) is 1.38. The van der Waals surface area contributed by atoms with Gasteiger partial charge in [0.2, 0.25) is 0 Å². The Kier molecular flexibility index (Phi) is 5.31. The monoisotopic (exact) mass is 337 g/mol. The molecule has 0 saturated heterocycles. The molecule has 0 spiro atoms. The average molecular weight is 338 g/mol. The molecule has 0 bridgehead atoms. The molecule has 1 heterocycles. The van der Waals surface area contributed by atoms with Crippen LogP contribution in [0.3, 0.4) is 0 Å². The van der Waals surface area contributed by atoms with Crippen molar-refractivity contribution in [1.29, 1.82) is 0 Å². The molecule has 2 rings (SSSR count). The second-order valence-corrected chi connectivity index (χ2v) is 4.96. The predicted molar refractivity (Wildman–Crippen MR) is 79.8 cm³/mol. The molecule has 2 aromatic rings. The van der Waals surface area contributed by atoms with Crippen molar-refractivity contribution >= 4 is 15.9 Å². The fourth-order valence-electron chi connectivity index (χ4n) is 1.78. The van der Waals surface area contributed by atoms with E-state index in [-0.39, 0.29) is 0 Å². The van der Waals surface area contributed by atoms with E-state index in [1.165, 1.54) is 0 Å². The Morgan fingerprint density at radius 1 is 1.15 bits per heavy atom. The number of hydrogen-bond donors (Lipinski definition) is 1. The van der Waals surface area contributed by atoms with Crippen molar-refractivity contribution in [3.05, 3.63) is 46.5 Å². The number of nitrogens with one attached hydrogen (secondary N) is 1. The molecule has 6 heteroatoms. The van der Waals surface area contributed by atoms with Crippen molar-refractivity contribution in [3.8, 4) is 11.5 Å². The number of aromatic nitrogens is 2. The van der Waals surface area contributed by atoms with E-state index in [1.807, 2.05) is 18.2 Å². The highest BCUT2D eigenvalue weighted by molar-refractivity contribution is 9.10. The summed E-state index contributed by atoms with van der Waals surface area (Å²) in [7, 11) is 3.25. The highest BCUT2D eigenvalue weighted by atomic mass is 79.9. The third-order valence-electron chi connectivity index (χ3n) is 2.82. The van der Waals surface area contributed by atoms with Crippen LogP contribution in [-0.2, 0) is 13.1 Å². The van der Waals surface area contributed by atoms with Crippen LogP contribution in [0.25, 0.3) is 0 Å². The number of nitrogens with zero attached hydrogens (tertiary/aromatic N) is 2. The summed E-state index contributed by atoms with van der Waals surface area (Å²) in [6, 6.07) is 5.74. The molecule has 0 aliphatic heterocycles. The molecule has 0 aliphatic rings. The van der Waals surface area contributed by atoms with Gasteiger partial charge in [0.25, 0.3) is 0 Å². The first-order chi connectivity index (χ1) is 9.74. The van der Waals surface area contributed by atoms with Crippen molar-refractivity contribution in [2.45, 2.75) is 13.1 Å². The standard InChI is InChI=1S/C14H16BrN3O2/c1-19-13-5-10(12(15)6-14(13)20-2)7-17-8-11-3-4-16-9-18-11/h3-6,9,17H,7-8H2,1-2H3. The van der Waals surface area contributed by atoms with E-state index in [9.17, 15) is 0 Å². The quantitative estimate of drug-likeness (QED) is 0.877. The minimum Gasteiger partial charge on any atom is -0.493 e. The van der Waals surface area contributed by atoms with Gasteiger partial charge >= 0.3 is 0 Å². The Labute approximate surface area is 126 Å². The molecule has 106 valence electrons. The van der Waals surface area contributed by atoms with Crippen LogP contribution >= 0.6 is 15.9 Å². The average Bonchev–Trinajstić information content (AvgIpc) is 2.49. The zero-order chi connectivity index (χ0) is 14.4. The first kappa shape index (κ1) is 14.7. The predicted octanol–water partition coefficient (Wildman–Crippen LogP) is 2.55. The normalized spacial score (nSPS) is 10.3. The Bertz CT molecular complexity index is 564. The summed E-state index contributed by atoms with van der Waals surface area (Å²) in [5.74, 6) is 1.42. The smallest absolute Gasteiger partial charge is 0.161 e. The highest BCUT2D eigenvalue weighted by Gasteiger charge is 2.09. The lowest BCUT2D eigenvalue weighted by Gasteiger charge is -2.12. The minimum atomic E-state index is 0.684. The molecule has 0 amide bonds. The van der Waals surface area contributed by atoms with Crippen molar-refractivity contribution in [2.24, 2.45) is 0 Å². The summed E-state index contributed by atoms with van der Waals surface area (Å²) in [5.41, 5.74) is 2.05. The number of methoxy groups -OCH3 is 2. The van der Waals surface area contributed by atoms with E-state index in [4.69, 9.17) is 9.47 Å². The summed E-state index contributed by atoms with van der Waals surface area (Å²) >= 11 is 3.54. The summed E-state index contributed by atoms with van der Waals surface area (Å²) < 4.78 is 11.5. The van der Waals surface area contributed by atoms with Gasteiger partial charge in [0, 0.05) is 23.8 Å². The fourth-order valence-corrected chi connectivity index (χ4v) is 2.24. The van der Waals surface area contributed by atoms with E-state index in [0.29, 0.717) is 18.8 Å². The van der Waals surface area contributed by atoms with Gasteiger partial charge in [-0.15, -0.1) is 0 Å².